The molecule has 0 aromatic carbocycles. The van der Waals surface area contributed by atoms with Crippen LogP contribution in [0.4, 0.5) is 0 Å². The fourth-order valence-corrected chi connectivity index (χ4v) is 2.90. The first-order valence-corrected chi connectivity index (χ1v) is 6.73. The number of amides is 1. The Labute approximate surface area is 102 Å². The van der Waals surface area contributed by atoms with Gasteiger partial charge in [-0.25, -0.2) is 0 Å². The van der Waals surface area contributed by atoms with Gasteiger partial charge in [0, 0.05) is 13.1 Å². The maximum atomic E-state index is 12.3. The highest BCUT2D eigenvalue weighted by Crippen LogP contribution is 2.47. The lowest BCUT2D eigenvalue weighted by molar-refractivity contribution is -0.159. The molecule has 96 valence electrons. The second-order valence-electron chi connectivity index (χ2n) is 5.55. The minimum atomic E-state index is -0.367. The first kappa shape index (κ1) is 11.5. The molecule has 1 heterocycles. The van der Waals surface area contributed by atoms with Crippen LogP contribution in [-0.2, 0) is 14.3 Å². The van der Waals surface area contributed by atoms with Gasteiger partial charge in [-0.15, -0.1) is 0 Å². The summed E-state index contributed by atoms with van der Waals surface area (Å²) in [5.41, 5.74) is 0. The van der Waals surface area contributed by atoms with E-state index in [9.17, 15) is 4.79 Å². The van der Waals surface area contributed by atoms with Crippen molar-refractivity contribution in [1.29, 1.82) is 0 Å². The van der Waals surface area contributed by atoms with E-state index in [1.54, 1.807) is 0 Å². The lowest BCUT2D eigenvalue weighted by atomic mass is 10.1. The highest BCUT2D eigenvalue weighted by Gasteiger charge is 2.46. The van der Waals surface area contributed by atoms with Crippen molar-refractivity contribution in [2.24, 2.45) is 11.8 Å². The predicted molar refractivity (Wildman–Crippen MR) is 62.6 cm³/mol. The molecule has 3 fully saturated rings. The van der Waals surface area contributed by atoms with E-state index in [0.717, 1.165) is 11.8 Å². The average Bonchev–Trinajstić information content (AvgIpc) is 3.23. The molecular weight excluding hydrogens is 218 g/mol. The monoisotopic (exact) mass is 239 g/mol. The number of carbonyl (C=O) groups is 1. The van der Waals surface area contributed by atoms with Gasteiger partial charge < -0.3 is 14.4 Å². The maximum absolute atomic E-state index is 12.3. The minimum absolute atomic E-state index is 0.119. The number of ether oxygens (including phenoxy) is 2. The van der Waals surface area contributed by atoms with E-state index in [2.05, 4.69) is 0 Å². The second kappa shape index (κ2) is 4.58. The van der Waals surface area contributed by atoms with Gasteiger partial charge in [0.25, 0.3) is 5.91 Å². The fraction of sp³-hybridized carbons (Fsp3) is 0.923. The minimum Gasteiger partial charge on any atom is -0.376 e. The molecule has 17 heavy (non-hydrogen) atoms. The van der Waals surface area contributed by atoms with Crippen LogP contribution in [0.25, 0.3) is 0 Å². The Morgan fingerprint density at radius 1 is 1.18 bits per heavy atom. The van der Waals surface area contributed by atoms with Crippen LogP contribution in [0.5, 0.6) is 0 Å². The third-order valence-electron chi connectivity index (χ3n) is 4.10. The molecule has 4 heteroatoms. The van der Waals surface area contributed by atoms with E-state index in [0.29, 0.717) is 25.9 Å². The van der Waals surface area contributed by atoms with Crippen molar-refractivity contribution in [3.8, 4) is 0 Å². The van der Waals surface area contributed by atoms with Crippen molar-refractivity contribution in [3.63, 3.8) is 0 Å². The number of nitrogens with zero attached hydrogens (tertiary/aromatic N) is 1. The first-order chi connectivity index (χ1) is 8.27. The van der Waals surface area contributed by atoms with Gasteiger partial charge in [-0.2, -0.15) is 0 Å². The quantitative estimate of drug-likeness (QED) is 0.736. The van der Waals surface area contributed by atoms with Crippen LogP contribution < -0.4 is 0 Å². The number of carbonyl (C=O) groups excluding carboxylic acids is 1. The molecule has 2 aliphatic carbocycles. The number of hydrogen-bond donors (Lipinski definition) is 0. The zero-order valence-corrected chi connectivity index (χ0v) is 10.4. The highest BCUT2D eigenvalue weighted by molar-refractivity contribution is 5.81. The largest absolute Gasteiger partial charge is 0.376 e. The molecule has 2 saturated carbocycles. The molecule has 3 rings (SSSR count). The maximum Gasteiger partial charge on any atom is 0.254 e. The SMILES string of the molecule is CN(C(=O)[C@H]1COCCO1)C(C1CC1)C1CC1. The zero-order chi connectivity index (χ0) is 11.8. The van der Waals surface area contributed by atoms with Gasteiger partial charge in [-0.05, 0) is 37.5 Å². The summed E-state index contributed by atoms with van der Waals surface area (Å²) >= 11 is 0. The molecule has 0 aromatic rings. The summed E-state index contributed by atoms with van der Waals surface area (Å²) in [5, 5.41) is 0. The Morgan fingerprint density at radius 3 is 2.29 bits per heavy atom. The van der Waals surface area contributed by atoms with E-state index in [1.165, 1.54) is 25.7 Å². The van der Waals surface area contributed by atoms with Crippen LogP contribution in [0.2, 0.25) is 0 Å². The Morgan fingerprint density at radius 2 is 1.82 bits per heavy atom. The van der Waals surface area contributed by atoms with Crippen LogP contribution in [0, 0.1) is 11.8 Å². The normalized spacial score (nSPS) is 29.4. The van der Waals surface area contributed by atoms with Crippen molar-refractivity contribution in [3.05, 3.63) is 0 Å². The molecule has 1 saturated heterocycles. The molecule has 4 nitrogen and oxygen atoms in total. The highest BCUT2D eigenvalue weighted by atomic mass is 16.6. The van der Waals surface area contributed by atoms with Crippen LogP contribution in [0.15, 0.2) is 0 Å². The van der Waals surface area contributed by atoms with Crippen LogP contribution >= 0.6 is 0 Å². The first-order valence-electron chi connectivity index (χ1n) is 6.73. The van der Waals surface area contributed by atoms with E-state index in [1.807, 2.05) is 11.9 Å². The number of rotatable bonds is 4. The summed E-state index contributed by atoms with van der Waals surface area (Å²) in [7, 11) is 1.95. The molecule has 0 aromatic heterocycles. The van der Waals surface area contributed by atoms with Crippen molar-refractivity contribution in [2.45, 2.75) is 37.8 Å². The van der Waals surface area contributed by atoms with Gasteiger partial charge in [0.2, 0.25) is 0 Å². The van der Waals surface area contributed by atoms with Crippen molar-refractivity contribution in [2.75, 3.05) is 26.9 Å². The Bertz CT molecular complexity index is 281. The fourth-order valence-electron chi connectivity index (χ4n) is 2.90. The molecule has 1 amide bonds. The summed E-state index contributed by atoms with van der Waals surface area (Å²) in [6, 6.07) is 0.466. The van der Waals surface area contributed by atoms with Crippen molar-refractivity contribution < 1.29 is 14.3 Å². The zero-order valence-electron chi connectivity index (χ0n) is 10.4. The third kappa shape index (κ3) is 2.47. The molecular formula is C13H21NO3. The van der Waals surface area contributed by atoms with Crippen LogP contribution in [0.3, 0.4) is 0 Å². The van der Waals surface area contributed by atoms with Gasteiger partial charge in [0.1, 0.15) is 0 Å². The predicted octanol–water partition coefficient (Wildman–Crippen LogP) is 1.05. The van der Waals surface area contributed by atoms with Gasteiger partial charge in [-0.3, -0.25) is 4.79 Å². The smallest absolute Gasteiger partial charge is 0.254 e. The van der Waals surface area contributed by atoms with Crippen molar-refractivity contribution >= 4 is 5.91 Å². The number of hydrogen-bond acceptors (Lipinski definition) is 3. The molecule has 0 spiro atoms. The Hall–Kier alpha value is -0.610. The Balaban J connectivity index is 1.62. The molecule has 1 atom stereocenters. The summed E-state index contributed by atoms with van der Waals surface area (Å²) < 4.78 is 10.8. The molecule has 3 aliphatic rings. The lowest BCUT2D eigenvalue weighted by Gasteiger charge is -2.32. The molecule has 1 aliphatic heterocycles. The topological polar surface area (TPSA) is 38.8 Å². The average molecular weight is 239 g/mol. The summed E-state index contributed by atoms with van der Waals surface area (Å²) in [5.74, 6) is 1.62. The molecule has 0 bridgehead atoms. The van der Waals surface area contributed by atoms with E-state index >= 15 is 0 Å². The van der Waals surface area contributed by atoms with E-state index < -0.39 is 0 Å². The third-order valence-corrected chi connectivity index (χ3v) is 4.10. The van der Waals surface area contributed by atoms with Gasteiger partial charge in [0.05, 0.1) is 19.8 Å². The molecule has 0 unspecified atom stereocenters. The lowest BCUT2D eigenvalue weighted by Crippen LogP contribution is -2.49. The van der Waals surface area contributed by atoms with Gasteiger partial charge in [0.15, 0.2) is 6.10 Å². The van der Waals surface area contributed by atoms with Crippen molar-refractivity contribution in [1.82, 2.24) is 4.90 Å². The van der Waals surface area contributed by atoms with E-state index in [4.69, 9.17) is 9.47 Å². The standard InChI is InChI=1S/C13H21NO3/c1-14(12(9-2-3-9)10-4-5-10)13(15)11-8-16-6-7-17-11/h9-12H,2-8H2,1H3/t11-/m1/s1. The van der Waals surface area contributed by atoms with Gasteiger partial charge >= 0.3 is 0 Å². The summed E-state index contributed by atoms with van der Waals surface area (Å²) in [4.78, 5) is 14.3. The second-order valence-corrected chi connectivity index (χ2v) is 5.55. The van der Waals surface area contributed by atoms with E-state index in [-0.39, 0.29) is 12.0 Å². The Kier molecular flexibility index (Phi) is 3.09. The van der Waals surface area contributed by atoms with Gasteiger partial charge in [-0.1, -0.05) is 0 Å². The summed E-state index contributed by atoms with van der Waals surface area (Å²) in [6.07, 6.45) is 4.80. The van der Waals surface area contributed by atoms with Crippen LogP contribution in [0.1, 0.15) is 25.7 Å². The number of likely N-dealkylation sites (N-methyl/N-ethyl adjacent to an activating group) is 1. The van der Waals surface area contributed by atoms with Crippen LogP contribution in [-0.4, -0.2) is 49.8 Å². The molecule has 0 radical (unpaired) electrons. The molecule has 0 N–H and O–H groups in total. The summed E-state index contributed by atoms with van der Waals surface area (Å²) in [6.45, 7) is 1.58.